The molecule has 0 aromatic rings. The van der Waals surface area contributed by atoms with Gasteiger partial charge in [0.15, 0.2) is 0 Å². The van der Waals surface area contributed by atoms with Crippen LogP contribution in [0.4, 0.5) is 0 Å². The molecule has 0 spiro atoms. The fourth-order valence-corrected chi connectivity index (χ4v) is 1.84. The molecule has 0 radical (unpaired) electrons. The lowest BCUT2D eigenvalue weighted by Gasteiger charge is -2.40. The van der Waals surface area contributed by atoms with Crippen LogP contribution in [0, 0.1) is 12.3 Å². The zero-order chi connectivity index (χ0) is 12.2. The van der Waals surface area contributed by atoms with E-state index >= 15 is 0 Å². The number of hydrogen-bond donors (Lipinski definition) is 1. The summed E-state index contributed by atoms with van der Waals surface area (Å²) in [7, 11) is 0. The van der Waals surface area contributed by atoms with Crippen molar-refractivity contribution in [1.82, 2.24) is 10.2 Å². The van der Waals surface area contributed by atoms with Crippen molar-refractivity contribution in [2.45, 2.75) is 32.4 Å². The predicted molar refractivity (Wildman–Crippen MR) is 62.9 cm³/mol. The van der Waals surface area contributed by atoms with Crippen LogP contribution < -0.4 is 5.32 Å². The molecule has 4 heteroatoms. The Labute approximate surface area is 97.3 Å². The zero-order valence-electron chi connectivity index (χ0n) is 10.2. The minimum absolute atomic E-state index is 0.0179. The molecule has 1 rings (SSSR count). The first-order valence-corrected chi connectivity index (χ1v) is 5.55. The van der Waals surface area contributed by atoms with Gasteiger partial charge in [-0.1, -0.05) is 5.92 Å². The van der Waals surface area contributed by atoms with E-state index in [0.717, 1.165) is 13.1 Å². The van der Waals surface area contributed by atoms with Gasteiger partial charge in [0, 0.05) is 13.1 Å². The molecular weight excluding hydrogens is 204 g/mol. The lowest BCUT2D eigenvalue weighted by Crippen LogP contribution is -2.55. The van der Waals surface area contributed by atoms with Crippen LogP contribution in [0.15, 0.2) is 0 Å². The van der Waals surface area contributed by atoms with Gasteiger partial charge in [-0.15, -0.1) is 6.42 Å². The van der Waals surface area contributed by atoms with Gasteiger partial charge in [0.05, 0.1) is 24.8 Å². The van der Waals surface area contributed by atoms with Crippen LogP contribution in [0.5, 0.6) is 0 Å². The fraction of sp³-hybridized carbons (Fsp3) is 0.750. The van der Waals surface area contributed by atoms with Crippen molar-refractivity contribution in [2.24, 2.45) is 0 Å². The number of morpholine rings is 1. The molecule has 1 atom stereocenters. The van der Waals surface area contributed by atoms with Gasteiger partial charge in [-0.25, -0.2) is 0 Å². The molecule has 16 heavy (non-hydrogen) atoms. The molecule has 1 heterocycles. The lowest BCUT2D eigenvalue weighted by atomic mass is 10.1. The molecule has 4 nitrogen and oxygen atoms in total. The van der Waals surface area contributed by atoms with Crippen LogP contribution >= 0.6 is 0 Å². The molecule has 0 unspecified atom stereocenters. The lowest BCUT2D eigenvalue weighted by molar-refractivity contribution is -0.133. The standard InChI is InChI=1S/C12H20N2O2/c1-5-6-13-11(15)10(2)14-7-8-16-12(3,4)9-14/h1,10H,6-9H2,2-4H3,(H,13,15)/t10-/m0/s1. The van der Waals surface area contributed by atoms with Gasteiger partial charge < -0.3 is 10.1 Å². The van der Waals surface area contributed by atoms with Gasteiger partial charge in [-0.2, -0.15) is 0 Å². The normalized spacial score (nSPS) is 22.1. The third kappa shape index (κ3) is 3.51. The van der Waals surface area contributed by atoms with Crippen molar-refractivity contribution in [3.63, 3.8) is 0 Å². The van der Waals surface area contributed by atoms with E-state index in [2.05, 4.69) is 16.1 Å². The van der Waals surface area contributed by atoms with Crippen molar-refractivity contribution in [3.05, 3.63) is 0 Å². The summed E-state index contributed by atoms with van der Waals surface area (Å²) in [5, 5.41) is 2.70. The Morgan fingerprint density at radius 2 is 2.38 bits per heavy atom. The second-order valence-corrected chi connectivity index (χ2v) is 4.68. The summed E-state index contributed by atoms with van der Waals surface area (Å²) in [6.45, 7) is 8.46. The number of amides is 1. The highest BCUT2D eigenvalue weighted by atomic mass is 16.5. The summed E-state index contributed by atoms with van der Waals surface area (Å²) in [5.41, 5.74) is -0.182. The number of nitrogens with one attached hydrogen (secondary N) is 1. The van der Waals surface area contributed by atoms with Crippen LogP contribution in [0.1, 0.15) is 20.8 Å². The van der Waals surface area contributed by atoms with Gasteiger partial charge in [0.2, 0.25) is 5.91 Å². The van der Waals surface area contributed by atoms with Crippen molar-refractivity contribution < 1.29 is 9.53 Å². The van der Waals surface area contributed by atoms with Crippen molar-refractivity contribution in [1.29, 1.82) is 0 Å². The molecule has 0 aromatic heterocycles. The average molecular weight is 224 g/mol. The van der Waals surface area contributed by atoms with Gasteiger partial charge in [-0.3, -0.25) is 9.69 Å². The minimum atomic E-state index is -0.182. The fourth-order valence-electron chi connectivity index (χ4n) is 1.84. The third-order valence-corrected chi connectivity index (χ3v) is 2.75. The molecule has 1 aliphatic rings. The van der Waals surface area contributed by atoms with Crippen LogP contribution in [0.25, 0.3) is 0 Å². The van der Waals surface area contributed by atoms with Crippen molar-refractivity contribution in [2.75, 3.05) is 26.2 Å². The SMILES string of the molecule is C#CCNC(=O)[C@H](C)N1CCOC(C)(C)C1. The smallest absolute Gasteiger partial charge is 0.237 e. The molecule has 1 saturated heterocycles. The molecule has 90 valence electrons. The second-order valence-electron chi connectivity index (χ2n) is 4.68. The summed E-state index contributed by atoms with van der Waals surface area (Å²) in [6, 6.07) is -0.156. The minimum Gasteiger partial charge on any atom is -0.373 e. The molecular formula is C12H20N2O2. The van der Waals surface area contributed by atoms with E-state index in [1.165, 1.54) is 0 Å². The number of carbonyl (C=O) groups excluding carboxylic acids is 1. The molecule has 0 aliphatic carbocycles. The van der Waals surface area contributed by atoms with Crippen LogP contribution in [-0.2, 0) is 9.53 Å². The van der Waals surface area contributed by atoms with Crippen molar-refractivity contribution >= 4 is 5.91 Å². The van der Waals surface area contributed by atoms with E-state index in [9.17, 15) is 4.79 Å². The molecule has 1 amide bonds. The number of nitrogens with zero attached hydrogens (tertiary/aromatic N) is 1. The highest BCUT2D eigenvalue weighted by molar-refractivity contribution is 5.81. The Hall–Kier alpha value is -1.05. The number of terminal acetylenes is 1. The molecule has 1 fully saturated rings. The summed E-state index contributed by atoms with van der Waals surface area (Å²) in [5.74, 6) is 2.38. The Kier molecular flexibility index (Phi) is 4.34. The van der Waals surface area contributed by atoms with E-state index in [4.69, 9.17) is 11.2 Å². The van der Waals surface area contributed by atoms with E-state index in [1.54, 1.807) is 0 Å². The molecule has 0 saturated carbocycles. The number of hydrogen-bond acceptors (Lipinski definition) is 3. The first-order chi connectivity index (χ1) is 7.46. The number of rotatable bonds is 3. The summed E-state index contributed by atoms with van der Waals surface area (Å²) in [6.07, 6.45) is 5.10. The quantitative estimate of drug-likeness (QED) is 0.698. The maximum Gasteiger partial charge on any atom is 0.237 e. The molecule has 1 aliphatic heterocycles. The maximum absolute atomic E-state index is 11.7. The summed E-state index contributed by atoms with van der Waals surface area (Å²) < 4.78 is 5.60. The first-order valence-electron chi connectivity index (χ1n) is 5.55. The third-order valence-electron chi connectivity index (χ3n) is 2.75. The van der Waals surface area contributed by atoms with E-state index < -0.39 is 0 Å². The average Bonchev–Trinajstić information content (AvgIpc) is 2.23. The Bertz CT molecular complexity index is 294. The van der Waals surface area contributed by atoms with Gasteiger partial charge in [0.25, 0.3) is 0 Å². The Balaban J connectivity index is 2.50. The van der Waals surface area contributed by atoms with Gasteiger partial charge in [0.1, 0.15) is 0 Å². The van der Waals surface area contributed by atoms with Gasteiger partial charge >= 0.3 is 0 Å². The van der Waals surface area contributed by atoms with Gasteiger partial charge in [-0.05, 0) is 20.8 Å². The summed E-state index contributed by atoms with van der Waals surface area (Å²) >= 11 is 0. The van der Waals surface area contributed by atoms with Crippen LogP contribution in [-0.4, -0.2) is 48.7 Å². The van der Waals surface area contributed by atoms with Crippen molar-refractivity contribution in [3.8, 4) is 12.3 Å². The topological polar surface area (TPSA) is 41.6 Å². The molecule has 1 N–H and O–H groups in total. The van der Waals surface area contributed by atoms with E-state index in [0.29, 0.717) is 6.61 Å². The predicted octanol–water partition coefficient (Wildman–Crippen LogP) is 0.235. The van der Waals surface area contributed by atoms with E-state index in [-0.39, 0.29) is 24.1 Å². The van der Waals surface area contributed by atoms with Crippen LogP contribution in [0.3, 0.4) is 0 Å². The number of carbonyl (C=O) groups is 1. The first kappa shape index (κ1) is 13.0. The van der Waals surface area contributed by atoms with E-state index in [1.807, 2.05) is 20.8 Å². The second kappa shape index (κ2) is 5.33. The highest BCUT2D eigenvalue weighted by Gasteiger charge is 2.31. The maximum atomic E-state index is 11.7. The Morgan fingerprint density at radius 3 is 2.94 bits per heavy atom. The largest absolute Gasteiger partial charge is 0.373 e. The Morgan fingerprint density at radius 1 is 1.69 bits per heavy atom. The molecule has 0 bridgehead atoms. The van der Waals surface area contributed by atoms with Crippen LogP contribution in [0.2, 0.25) is 0 Å². The highest BCUT2D eigenvalue weighted by Crippen LogP contribution is 2.18. The summed E-state index contributed by atoms with van der Waals surface area (Å²) in [4.78, 5) is 13.8. The monoisotopic (exact) mass is 224 g/mol. The zero-order valence-corrected chi connectivity index (χ0v) is 10.2. The molecule has 0 aromatic carbocycles. The number of ether oxygens (including phenoxy) is 1.